The molecule has 4 rings (SSSR count). The van der Waals surface area contributed by atoms with E-state index in [2.05, 4.69) is 49.4 Å². The van der Waals surface area contributed by atoms with E-state index in [-0.39, 0.29) is 17.4 Å². The average Bonchev–Trinajstić information content (AvgIpc) is 2.84. The lowest BCUT2D eigenvalue weighted by molar-refractivity contribution is -0.113. The number of ketones is 1. The molecule has 0 bridgehead atoms. The summed E-state index contributed by atoms with van der Waals surface area (Å²) >= 11 is 1.37. The Morgan fingerprint density at radius 2 is 1.69 bits per heavy atom. The van der Waals surface area contributed by atoms with Crippen LogP contribution in [-0.4, -0.2) is 53.6 Å². The van der Waals surface area contributed by atoms with Crippen molar-refractivity contribution >= 4 is 40.6 Å². The molecule has 0 radical (unpaired) electrons. The Hall–Kier alpha value is -3.39. The molecule has 7 nitrogen and oxygen atoms in total. The summed E-state index contributed by atoms with van der Waals surface area (Å²) in [6.07, 6.45) is 1.55. The molecule has 0 saturated carbocycles. The van der Waals surface area contributed by atoms with E-state index < -0.39 is 0 Å². The van der Waals surface area contributed by atoms with E-state index in [9.17, 15) is 9.59 Å². The molecule has 2 heterocycles. The first kappa shape index (κ1) is 21.8. The van der Waals surface area contributed by atoms with Crippen LogP contribution in [0.2, 0.25) is 0 Å². The van der Waals surface area contributed by atoms with Gasteiger partial charge in [0.05, 0.1) is 5.75 Å². The van der Waals surface area contributed by atoms with E-state index in [1.807, 2.05) is 12.1 Å². The maximum absolute atomic E-state index is 12.3. The summed E-state index contributed by atoms with van der Waals surface area (Å²) in [7, 11) is 0. The van der Waals surface area contributed by atoms with Crippen LogP contribution in [0.15, 0.2) is 72.0 Å². The summed E-state index contributed by atoms with van der Waals surface area (Å²) in [6.45, 7) is 5.12. The average molecular weight is 448 g/mol. The van der Waals surface area contributed by atoms with Gasteiger partial charge in [-0.05, 0) is 31.2 Å². The number of hydrogen-bond donors (Lipinski definition) is 1. The topological polar surface area (TPSA) is 78.4 Å². The summed E-state index contributed by atoms with van der Waals surface area (Å²) < 4.78 is 0. The van der Waals surface area contributed by atoms with Crippen LogP contribution < -0.4 is 15.1 Å². The van der Waals surface area contributed by atoms with Gasteiger partial charge < -0.3 is 15.1 Å². The number of aromatic nitrogens is 2. The van der Waals surface area contributed by atoms with Gasteiger partial charge in [0.1, 0.15) is 17.2 Å². The van der Waals surface area contributed by atoms with Crippen molar-refractivity contribution in [1.29, 1.82) is 0 Å². The number of rotatable bonds is 7. The normalized spacial score (nSPS) is 13.7. The Morgan fingerprint density at radius 3 is 2.44 bits per heavy atom. The van der Waals surface area contributed by atoms with E-state index in [1.165, 1.54) is 24.4 Å². The second-order valence-corrected chi connectivity index (χ2v) is 8.49. The number of nitrogens with one attached hydrogen (secondary N) is 1. The Morgan fingerprint density at radius 1 is 0.938 bits per heavy atom. The van der Waals surface area contributed by atoms with Crippen LogP contribution in [0.4, 0.5) is 17.2 Å². The highest BCUT2D eigenvalue weighted by molar-refractivity contribution is 7.99. The Kier molecular flexibility index (Phi) is 7.01. The fourth-order valence-electron chi connectivity index (χ4n) is 3.57. The smallest absolute Gasteiger partial charge is 0.234 e. The van der Waals surface area contributed by atoms with Crippen LogP contribution in [0.5, 0.6) is 0 Å². The van der Waals surface area contributed by atoms with Crippen LogP contribution >= 0.6 is 11.8 Å². The summed E-state index contributed by atoms with van der Waals surface area (Å²) in [4.78, 5) is 37.2. The van der Waals surface area contributed by atoms with Crippen LogP contribution in [0.3, 0.4) is 0 Å². The number of anilines is 3. The van der Waals surface area contributed by atoms with Gasteiger partial charge in [0.25, 0.3) is 0 Å². The van der Waals surface area contributed by atoms with E-state index >= 15 is 0 Å². The van der Waals surface area contributed by atoms with Crippen molar-refractivity contribution in [1.82, 2.24) is 9.97 Å². The fraction of sp³-hybridized carbons (Fsp3) is 0.250. The number of para-hydroxylation sites is 1. The minimum absolute atomic E-state index is 0.0337. The van der Waals surface area contributed by atoms with E-state index in [4.69, 9.17) is 0 Å². The van der Waals surface area contributed by atoms with Crippen molar-refractivity contribution in [3.8, 4) is 0 Å². The van der Waals surface area contributed by atoms with Gasteiger partial charge in [-0.25, -0.2) is 9.97 Å². The summed E-state index contributed by atoms with van der Waals surface area (Å²) in [5.41, 5.74) is 2.43. The molecule has 0 spiro atoms. The van der Waals surface area contributed by atoms with E-state index in [0.717, 1.165) is 37.0 Å². The predicted molar refractivity (Wildman–Crippen MR) is 129 cm³/mol. The first-order chi connectivity index (χ1) is 15.6. The molecule has 0 aliphatic carbocycles. The van der Waals surface area contributed by atoms with Gasteiger partial charge in [0.2, 0.25) is 5.91 Å². The zero-order chi connectivity index (χ0) is 22.3. The summed E-state index contributed by atoms with van der Waals surface area (Å²) in [5, 5.41) is 3.59. The number of Topliss-reactive ketones (excluding diaryl/α,β-unsaturated/α-hetero) is 1. The third-order valence-electron chi connectivity index (χ3n) is 5.26. The molecule has 1 fully saturated rings. The summed E-state index contributed by atoms with van der Waals surface area (Å²) in [5.74, 6) is 0.924. The van der Waals surface area contributed by atoms with Crippen LogP contribution in [0.25, 0.3) is 0 Å². The highest BCUT2D eigenvalue weighted by Gasteiger charge is 2.19. The summed E-state index contributed by atoms with van der Waals surface area (Å²) in [6, 6.07) is 19.3. The standard InChI is InChI=1S/C24H25N5O2S/c1-18(30)19-6-5-7-20(14-19)27-23(31)16-32-24-15-22(25-17-26-24)29-12-10-28(11-13-29)21-8-3-2-4-9-21/h2-9,14-15,17H,10-13,16H2,1H3,(H,27,31). The largest absolute Gasteiger partial charge is 0.368 e. The minimum Gasteiger partial charge on any atom is -0.368 e. The number of amides is 1. The first-order valence-corrected chi connectivity index (χ1v) is 11.5. The minimum atomic E-state index is -0.146. The molecule has 1 amide bonds. The van der Waals surface area contributed by atoms with Gasteiger partial charge in [0, 0.05) is 49.2 Å². The van der Waals surface area contributed by atoms with Crippen LogP contribution in [-0.2, 0) is 4.79 Å². The first-order valence-electron chi connectivity index (χ1n) is 10.5. The third kappa shape index (κ3) is 5.64. The molecule has 32 heavy (non-hydrogen) atoms. The molecule has 1 N–H and O–H groups in total. The number of nitrogens with zero attached hydrogens (tertiary/aromatic N) is 4. The van der Waals surface area contributed by atoms with Crippen molar-refractivity contribution in [3.05, 3.63) is 72.6 Å². The lowest BCUT2D eigenvalue weighted by Gasteiger charge is -2.36. The Bertz CT molecular complexity index is 1080. The zero-order valence-corrected chi connectivity index (χ0v) is 18.7. The number of piperazine rings is 1. The number of carbonyl (C=O) groups is 2. The molecule has 2 aromatic carbocycles. The van der Waals surface area contributed by atoms with Crippen molar-refractivity contribution in [3.63, 3.8) is 0 Å². The fourth-order valence-corrected chi connectivity index (χ4v) is 4.23. The molecule has 8 heteroatoms. The van der Waals surface area contributed by atoms with Gasteiger partial charge in [-0.2, -0.15) is 0 Å². The van der Waals surface area contributed by atoms with Crippen LogP contribution in [0, 0.1) is 0 Å². The van der Waals surface area contributed by atoms with Crippen molar-refractivity contribution in [2.24, 2.45) is 0 Å². The zero-order valence-electron chi connectivity index (χ0n) is 17.9. The quantitative estimate of drug-likeness (QED) is 0.336. The molecule has 3 aromatic rings. The number of benzene rings is 2. The highest BCUT2D eigenvalue weighted by atomic mass is 32.2. The molecule has 1 aliphatic heterocycles. The van der Waals surface area contributed by atoms with Crippen LogP contribution in [0.1, 0.15) is 17.3 Å². The van der Waals surface area contributed by atoms with Gasteiger partial charge in [0.15, 0.2) is 5.78 Å². The monoisotopic (exact) mass is 447 g/mol. The number of thioether (sulfide) groups is 1. The SMILES string of the molecule is CC(=O)c1cccc(NC(=O)CSc2cc(N3CCN(c4ccccc4)CC3)ncn2)c1. The Balaban J connectivity index is 1.30. The highest BCUT2D eigenvalue weighted by Crippen LogP contribution is 2.23. The molecular weight excluding hydrogens is 422 g/mol. The molecule has 164 valence electrons. The van der Waals surface area contributed by atoms with E-state index in [0.29, 0.717) is 11.3 Å². The molecule has 1 aromatic heterocycles. The van der Waals surface area contributed by atoms with Gasteiger partial charge >= 0.3 is 0 Å². The molecular formula is C24H25N5O2S. The van der Waals surface area contributed by atoms with Crippen molar-refractivity contribution in [2.45, 2.75) is 11.9 Å². The van der Waals surface area contributed by atoms with Gasteiger partial charge in [-0.1, -0.05) is 42.1 Å². The maximum Gasteiger partial charge on any atom is 0.234 e. The number of hydrogen-bond acceptors (Lipinski definition) is 7. The Labute approximate surface area is 191 Å². The number of carbonyl (C=O) groups excluding carboxylic acids is 2. The second kappa shape index (κ2) is 10.3. The lowest BCUT2D eigenvalue weighted by Crippen LogP contribution is -2.46. The third-order valence-corrected chi connectivity index (χ3v) is 6.18. The molecule has 0 atom stereocenters. The lowest BCUT2D eigenvalue weighted by atomic mass is 10.1. The molecule has 0 unspecified atom stereocenters. The van der Waals surface area contributed by atoms with Gasteiger partial charge in [-0.3, -0.25) is 9.59 Å². The van der Waals surface area contributed by atoms with Crippen molar-refractivity contribution in [2.75, 3.05) is 47.0 Å². The maximum atomic E-state index is 12.3. The van der Waals surface area contributed by atoms with Gasteiger partial charge in [-0.15, -0.1) is 0 Å². The van der Waals surface area contributed by atoms with E-state index in [1.54, 1.807) is 30.6 Å². The van der Waals surface area contributed by atoms with Crippen molar-refractivity contribution < 1.29 is 9.59 Å². The molecule has 1 aliphatic rings. The predicted octanol–water partition coefficient (Wildman–Crippen LogP) is 3.74. The second-order valence-electron chi connectivity index (χ2n) is 7.50. The molecule has 1 saturated heterocycles.